The van der Waals surface area contributed by atoms with E-state index in [1.54, 1.807) is 0 Å². The molecule has 9 rings (SSSR count). The van der Waals surface area contributed by atoms with Crippen molar-refractivity contribution in [1.29, 1.82) is 0 Å². The van der Waals surface area contributed by atoms with Crippen molar-refractivity contribution in [1.82, 2.24) is 0 Å². The van der Waals surface area contributed by atoms with Gasteiger partial charge >= 0.3 is 0 Å². The Hall–Kier alpha value is -4.77. The van der Waals surface area contributed by atoms with Crippen molar-refractivity contribution in [3.63, 3.8) is 0 Å². The lowest BCUT2D eigenvalue weighted by molar-refractivity contribution is 0.741. The highest BCUT2D eigenvalue weighted by Gasteiger charge is 2.48. The zero-order valence-corrected chi connectivity index (χ0v) is 25.5. The van der Waals surface area contributed by atoms with Gasteiger partial charge in [-0.1, -0.05) is 103 Å². The molecule has 6 aromatic carbocycles. The quantitative estimate of drug-likeness (QED) is 0.194. The van der Waals surface area contributed by atoms with Gasteiger partial charge in [0.25, 0.3) is 0 Å². The van der Waals surface area contributed by atoms with E-state index in [1.807, 2.05) is 23.1 Å². The van der Waals surface area contributed by atoms with E-state index < -0.39 is 0 Å². The summed E-state index contributed by atoms with van der Waals surface area (Å²) in [6.45, 7) is 0. The zero-order chi connectivity index (χ0) is 29.0. The first-order chi connectivity index (χ1) is 21.8. The lowest BCUT2D eigenvalue weighted by atomic mass is 10.0. The monoisotopic (exact) mass is 600 g/mol. The molecule has 0 aliphatic carbocycles. The van der Waals surface area contributed by atoms with E-state index in [-0.39, 0.29) is 6.04 Å². The minimum Gasteiger partial charge on any atom is -0.331 e. The van der Waals surface area contributed by atoms with Crippen molar-refractivity contribution in [3.8, 4) is 11.1 Å². The van der Waals surface area contributed by atoms with Crippen LogP contribution in [-0.2, 0) is 0 Å². The standard InChI is InChI=1S/C40H28N2S2/c1-3-13-27(14-4-1)28-15-11-18-30(25-28)41(29-16-5-2-6-17-29)31-19-12-20-32(26-31)42-37-33-21-7-9-23-35(33)43-39(37)40-38(42)34-22-8-10-24-36(34)44-40/h1-26,37,39H. The maximum absolute atomic E-state index is 2.63. The van der Waals surface area contributed by atoms with Crippen LogP contribution < -0.4 is 9.80 Å². The number of thiophene rings is 1. The molecule has 2 unspecified atom stereocenters. The largest absolute Gasteiger partial charge is 0.331 e. The van der Waals surface area contributed by atoms with E-state index in [9.17, 15) is 0 Å². The van der Waals surface area contributed by atoms with Gasteiger partial charge in [-0.2, -0.15) is 0 Å². The summed E-state index contributed by atoms with van der Waals surface area (Å²) in [7, 11) is 0. The third-order valence-corrected chi connectivity index (χ3v) is 11.5. The van der Waals surface area contributed by atoms with Crippen LogP contribution in [0, 0.1) is 0 Å². The van der Waals surface area contributed by atoms with Crippen LogP contribution in [0.4, 0.5) is 28.4 Å². The summed E-state index contributed by atoms with van der Waals surface area (Å²) in [5, 5.41) is 1.73. The summed E-state index contributed by atoms with van der Waals surface area (Å²) in [4.78, 5) is 7.90. The van der Waals surface area contributed by atoms with Crippen LogP contribution >= 0.6 is 23.1 Å². The lowest BCUT2D eigenvalue weighted by Crippen LogP contribution is -2.20. The first kappa shape index (κ1) is 25.7. The minimum absolute atomic E-state index is 0.267. The number of fused-ring (bicyclic) bond motifs is 7. The van der Waals surface area contributed by atoms with Crippen molar-refractivity contribution < 1.29 is 0 Å². The molecule has 2 aliphatic heterocycles. The van der Waals surface area contributed by atoms with Gasteiger partial charge in [-0.05, 0) is 71.3 Å². The number of nitrogens with zero attached hydrogens (tertiary/aromatic N) is 2. The van der Waals surface area contributed by atoms with Crippen LogP contribution in [0.25, 0.3) is 21.2 Å². The third-order valence-electron chi connectivity index (χ3n) is 8.74. The van der Waals surface area contributed by atoms with Crippen molar-refractivity contribution in [2.45, 2.75) is 16.2 Å². The Morgan fingerprint density at radius 1 is 0.545 bits per heavy atom. The Morgan fingerprint density at radius 2 is 1.20 bits per heavy atom. The van der Waals surface area contributed by atoms with Gasteiger partial charge in [0.2, 0.25) is 0 Å². The number of rotatable bonds is 5. The average molecular weight is 601 g/mol. The molecule has 44 heavy (non-hydrogen) atoms. The zero-order valence-electron chi connectivity index (χ0n) is 23.9. The molecule has 3 heterocycles. The molecular weight excluding hydrogens is 573 g/mol. The van der Waals surface area contributed by atoms with Crippen molar-refractivity contribution in [2.75, 3.05) is 9.80 Å². The molecule has 2 nitrogen and oxygen atoms in total. The Labute approximate surface area is 265 Å². The first-order valence-corrected chi connectivity index (χ1v) is 16.7. The average Bonchev–Trinajstić information content (AvgIpc) is 3.74. The summed E-state index contributed by atoms with van der Waals surface area (Å²) in [6.07, 6.45) is 0. The van der Waals surface area contributed by atoms with Crippen LogP contribution in [0.15, 0.2) is 163 Å². The molecule has 0 saturated carbocycles. The van der Waals surface area contributed by atoms with Gasteiger partial charge in [0.05, 0.1) is 17.0 Å². The van der Waals surface area contributed by atoms with E-state index in [2.05, 4.69) is 168 Å². The number of thioether (sulfide) groups is 1. The normalized spacial score (nSPS) is 16.5. The van der Waals surface area contributed by atoms with Crippen LogP contribution in [0.2, 0.25) is 0 Å². The Morgan fingerprint density at radius 3 is 2.07 bits per heavy atom. The number of hydrogen-bond acceptors (Lipinski definition) is 4. The van der Waals surface area contributed by atoms with Gasteiger partial charge in [0.15, 0.2) is 0 Å². The van der Waals surface area contributed by atoms with Crippen LogP contribution in [0.1, 0.15) is 21.7 Å². The summed E-state index contributed by atoms with van der Waals surface area (Å²) in [5.74, 6) is 0. The molecule has 4 heteroatoms. The van der Waals surface area contributed by atoms with Gasteiger partial charge < -0.3 is 9.80 Å². The van der Waals surface area contributed by atoms with E-state index in [1.165, 1.54) is 47.9 Å². The summed E-state index contributed by atoms with van der Waals surface area (Å²) in [6, 6.07) is 57.5. The van der Waals surface area contributed by atoms with Gasteiger partial charge in [0, 0.05) is 42.6 Å². The molecule has 0 bridgehead atoms. The molecule has 1 aromatic heterocycles. The molecule has 0 amide bonds. The fraction of sp³-hybridized carbons (Fsp3) is 0.0500. The SMILES string of the molecule is c1ccc(-c2cccc(N(c3ccccc3)c3cccc(N4c5c(sc6ccccc56)C5Sc6ccccc6C54)c3)c2)cc1. The molecule has 2 atom stereocenters. The van der Waals surface area contributed by atoms with E-state index in [0.29, 0.717) is 5.25 Å². The number of anilines is 5. The fourth-order valence-electron chi connectivity index (χ4n) is 6.85. The van der Waals surface area contributed by atoms with Crippen LogP contribution in [0.5, 0.6) is 0 Å². The summed E-state index contributed by atoms with van der Waals surface area (Å²) < 4.78 is 1.36. The molecule has 0 N–H and O–H groups in total. The minimum atomic E-state index is 0.267. The van der Waals surface area contributed by atoms with Crippen molar-refractivity contribution >= 4 is 61.6 Å². The molecule has 2 aliphatic rings. The first-order valence-electron chi connectivity index (χ1n) is 15.0. The number of para-hydroxylation sites is 1. The Bertz CT molecular complexity index is 2140. The second kappa shape index (κ2) is 10.4. The third kappa shape index (κ3) is 4.10. The second-order valence-electron chi connectivity index (χ2n) is 11.3. The van der Waals surface area contributed by atoms with Gasteiger partial charge in [-0.15, -0.1) is 23.1 Å². The van der Waals surface area contributed by atoms with Crippen LogP contribution in [-0.4, -0.2) is 0 Å². The smallest absolute Gasteiger partial charge is 0.0774 e. The van der Waals surface area contributed by atoms with Crippen molar-refractivity contribution in [3.05, 3.63) is 168 Å². The lowest BCUT2D eigenvalue weighted by Gasteiger charge is -2.31. The summed E-state index contributed by atoms with van der Waals surface area (Å²) in [5.41, 5.74) is 9.85. The molecule has 210 valence electrons. The Balaban J connectivity index is 1.22. The topological polar surface area (TPSA) is 6.48 Å². The highest BCUT2D eigenvalue weighted by Crippen LogP contribution is 2.67. The summed E-state index contributed by atoms with van der Waals surface area (Å²) >= 11 is 3.99. The molecular formula is C40H28N2S2. The van der Waals surface area contributed by atoms with Gasteiger partial charge in [0.1, 0.15) is 0 Å². The fourth-order valence-corrected chi connectivity index (χ4v) is 9.72. The van der Waals surface area contributed by atoms with E-state index in [0.717, 1.165) is 17.1 Å². The molecule has 0 spiro atoms. The molecule has 0 radical (unpaired) electrons. The highest BCUT2D eigenvalue weighted by atomic mass is 32.2. The molecule has 0 saturated heterocycles. The second-order valence-corrected chi connectivity index (χ2v) is 13.6. The van der Waals surface area contributed by atoms with Gasteiger partial charge in [-0.25, -0.2) is 0 Å². The number of benzene rings is 6. The molecule has 0 fully saturated rings. The molecule has 7 aromatic rings. The number of hydrogen-bond donors (Lipinski definition) is 0. The van der Waals surface area contributed by atoms with E-state index in [4.69, 9.17) is 0 Å². The predicted molar refractivity (Wildman–Crippen MR) is 188 cm³/mol. The van der Waals surface area contributed by atoms with Crippen molar-refractivity contribution in [2.24, 2.45) is 0 Å². The van der Waals surface area contributed by atoms with Gasteiger partial charge in [-0.3, -0.25) is 0 Å². The van der Waals surface area contributed by atoms with Crippen LogP contribution in [0.3, 0.4) is 0 Å². The van der Waals surface area contributed by atoms with E-state index >= 15 is 0 Å². The predicted octanol–water partition coefficient (Wildman–Crippen LogP) is 12.1. The highest BCUT2D eigenvalue weighted by molar-refractivity contribution is 8.00. The maximum Gasteiger partial charge on any atom is 0.0774 e. The Kier molecular flexibility index (Phi) is 6.10. The maximum atomic E-state index is 2.63.